The Bertz CT molecular complexity index is 469. The molecular formula is C16H23Cl2NO2S. The first kappa shape index (κ1) is 19.6. The van der Waals surface area contributed by atoms with Gasteiger partial charge in [0.2, 0.25) is 5.91 Å². The van der Waals surface area contributed by atoms with E-state index in [2.05, 4.69) is 5.32 Å². The third-order valence-corrected chi connectivity index (χ3v) is 4.59. The summed E-state index contributed by atoms with van der Waals surface area (Å²) < 4.78 is 5.41. The van der Waals surface area contributed by atoms with Gasteiger partial charge in [0.1, 0.15) is 0 Å². The average Bonchev–Trinajstić information content (AvgIpc) is 2.46. The van der Waals surface area contributed by atoms with Crippen molar-refractivity contribution in [2.45, 2.75) is 38.5 Å². The van der Waals surface area contributed by atoms with E-state index in [0.717, 1.165) is 23.5 Å². The first-order valence-corrected chi connectivity index (χ1v) is 9.30. The summed E-state index contributed by atoms with van der Waals surface area (Å²) in [5, 5.41) is 4.04. The molecule has 1 rings (SSSR count). The zero-order valence-corrected chi connectivity index (χ0v) is 15.4. The van der Waals surface area contributed by atoms with Crippen molar-refractivity contribution in [3.8, 4) is 0 Å². The van der Waals surface area contributed by atoms with Crippen molar-refractivity contribution in [2.24, 2.45) is 0 Å². The Kier molecular flexibility index (Phi) is 9.96. The van der Waals surface area contributed by atoms with Gasteiger partial charge in [-0.3, -0.25) is 4.79 Å². The minimum absolute atomic E-state index is 0.0891. The quantitative estimate of drug-likeness (QED) is 0.619. The Morgan fingerprint density at radius 1 is 1.32 bits per heavy atom. The van der Waals surface area contributed by atoms with Gasteiger partial charge in [0.25, 0.3) is 0 Å². The van der Waals surface area contributed by atoms with Crippen LogP contribution in [0.5, 0.6) is 0 Å². The molecule has 0 fully saturated rings. The summed E-state index contributed by atoms with van der Waals surface area (Å²) in [6.45, 7) is 5.36. The fraction of sp³-hybridized carbons (Fsp3) is 0.562. The van der Waals surface area contributed by atoms with Gasteiger partial charge in [0.05, 0.1) is 16.1 Å². The molecule has 1 aromatic rings. The number of rotatable bonds is 10. The van der Waals surface area contributed by atoms with Gasteiger partial charge < -0.3 is 10.1 Å². The smallest absolute Gasteiger partial charge is 0.220 e. The lowest BCUT2D eigenvalue weighted by Gasteiger charge is -2.08. The summed E-state index contributed by atoms with van der Waals surface area (Å²) in [5.74, 6) is 1.70. The summed E-state index contributed by atoms with van der Waals surface area (Å²) >= 11 is 13.5. The lowest BCUT2D eigenvalue weighted by molar-refractivity contribution is -0.120. The predicted molar refractivity (Wildman–Crippen MR) is 96.0 cm³/mol. The van der Waals surface area contributed by atoms with Gasteiger partial charge in [-0.05, 0) is 38.0 Å². The van der Waals surface area contributed by atoms with Crippen LogP contribution in [0.4, 0.5) is 0 Å². The molecule has 0 spiro atoms. The second kappa shape index (κ2) is 11.2. The van der Waals surface area contributed by atoms with Gasteiger partial charge in [-0.25, -0.2) is 0 Å². The Morgan fingerprint density at radius 2 is 2.09 bits per heavy atom. The van der Waals surface area contributed by atoms with Crippen molar-refractivity contribution in [2.75, 3.05) is 18.9 Å². The third-order valence-electron chi connectivity index (χ3n) is 2.82. The molecule has 0 radical (unpaired) electrons. The van der Waals surface area contributed by atoms with Crippen molar-refractivity contribution >= 4 is 40.9 Å². The zero-order chi connectivity index (χ0) is 16.4. The molecule has 124 valence electrons. The molecule has 3 nitrogen and oxygen atoms in total. The number of amides is 1. The van der Waals surface area contributed by atoms with Crippen LogP contribution in [0.25, 0.3) is 0 Å². The monoisotopic (exact) mass is 363 g/mol. The normalized spacial score (nSPS) is 11.0. The number of nitrogens with one attached hydrogen (secondary N) is 1. The van der Waals surface area contributed by atoms with E-state index in [1.54, 1.807) is 17.8 Å². The molecule has 1 N–H and O–H groups in total. The molecular weight excluding hydrogens is 341 g/mol. The van der Waals surface area contributed by atoms with Gasteiger partial charge in [-0.1, -0.05) is 29.3 Å². The summed E-state index contributed by atoms with van der Waals surface area (Å²) in [5.41, 5.74) is 1.12. The molecule has 6 heteroatoms. The molecule has 0 aromatic heterocycles. The van der Waals surface area contributed by atoms with Crippen LogP contribution in [0.2, 0.25) is 10.0 Å². The van der Waals surface area contributed by atoms with Crippen molar-refractivity contribution in [3.63, 3.8) is 0 Å². The van der Waals surface area contributed by atoms with Crippen molar-refractivity contribution in [3.05, 3.63) is 33.8 Å². The molecule has 0 bridgehead atoms. The first-order chi connectivity index (χ1) is 10.5. The number of carbonyl (C=O) groups excluding carboxylic acids is 1. The Balaban J connectivity index is 2.06. The molecule has 0 saturated heterocycles. The summed E-state index contributed by atoms with van der Waals surface area (Å²) in [4.78, 5) is 11.6. The Labute approximate surface area is 147 Å². The maximum Gasteiger partial charge on any atom is 0.220 e. The minimum Gasteiger partial charge on any atom is -0.379 e. The van der Waals surface area contributed by atoms with Gasteiger partial charge in [0.15, 0.2) is 0 Å². The van der Waals surface area contributed by atoms with Crippen LogP contribution in [0, 0.1) is 0 Å². The number of benzene rings is 1. The molecule has 0 atom stereocenters. The molecule has 22 heavy (non-hydrogen) atoms. The molecule has 0 aliphatic carbocycles. The van der Waals surface area contributed by atoms with Crippen molar-refractivity contribution in [1.82, 2.24) is 5.32 Å². The highest BCUT2D eigenvalue weighted by Crippen LogP contribution is 2.24. The topological polar surface area (TPSA) is 38.3 Å². The third kappa shape index (κ3) is 8.89. The van der Waals surface area contributed by atoms with E-state index in [1.165, 1.54) is 0 Å². The van der Waals surface area contributed by atoms with Gasteiger partial charge in [-0.2, -0.15) is 11.8 Å². The SMILES string of the molecule is CC(C)OCCCNC(=O)CCSCc1ccc(Cl)c(Cl)c1. The number of halogens is 2. The second-order valence-electron chi connectivity index (χ2n) is 5.17. The zero-order valence-electron chi connectivity index (χ0n) is 13.0. The highest BCUT2D eigenvalue weighted by molar-refractivity contribution is 7.98. The highest BCUT2D eigenvalue weighted by Gasteiger charge is 2.03. The maximum atomic E-state index is 11.6. The van der Waals surface area contributed by atoms with Gasteiger partial charge in [0, 0.05) is 31.1 Å². The van der Waals surface area contributed by atoms with Crippen LogP contribution in [-0.2, 0) is 15.3 Å². The molecule has 1 aromatic carbocycles. The van der Waals surface area contributed by atoms with E-state index >= 15 is 0 Å². The molecule has 0 heterocycles. The summed E-state index contributed by atoms with van der Waals surface area (Å²) in [6, 6.07) is 5.62. The number of thioether (sulfide) groups is 1. The van der Waals surface area contributed by atoms with Gasteiger partial charge in [-0.15, -0.1) is 0 Å². The molecule has 0 saturated carbocycles. The first-order valence-electron chi connectivity index (χ1n) is 7.39. The van der Waals surface area contributed by atoms with E-state index in [0.29, 0.717) is 29.6 Å². The lowest BCUT2D eigenvalue weighted by Crippen LogP contribution is -2.25. The minimum atomic E-state index is 0.0891. The second-order valence-corrected chi connectivity index (χ2v) is 7.09. The molecule has 1 amide bonds. The Hall–Kier alpha value is -0.420. The van der Waals surface area contributed by atoms with Crippen LogP contribution in [-0.4, -0.2) is 30.9 Å². The average molecular weight is 364 g/mol. The van der Waals surface area contributed by atoms with Crippen molar-refractivity contribution in [1.29, 1.82) is 0 Å². The highest BCUT2D eigenvalue weighted by atomic mass is 35.5. The van der Waals surface area contributed by atoms with Gasteiger partial charge >= 0.3 is 0 Å². The van der Waals surface area contributed by atoms with E-state index < -0.39 is 0 Å². The van der Waals surface area contributed by atoms with Crippen LogP contribution >= 0.6 is 35.0 Å². The molecule has 0 aliphatic heterocycles. The maximum absolute atomic E-state index is 11.6. The Morgan fingerprint density at radius 3 is 2.77 bits per heavy atom. The van der Waals surface area contributed by atoms with E-state index in [9.17, 15) is 4.79 Å². The summed E-state index contributed by atoms with van der Waals surface area (Å²) in [7, 11) is 0. The largest absolute Gasteiger partial charge is 0.379 e. The number of hydrogen-bond donors (Lipinski definition) is 1. The van der Waals surface area contributed by atoms with Crippen LogP contribution in [0.15, 0.2) is 18.2 Å². The number of carbonyl (C=O) groups is 1. The number of ether oxygens (including phenoxy) is 1. The van der Waals surface area contributed by atoms with E-state index in [-0.39, 0.29) is 12.0 Å². The fourth-order valence-electron chi connectivity index (χ4n) is 1.69. The lowest BCUT2D eigenvalue weighted by atomic mass is 10.2. The van der Waals surface area contributed by atoms with Crippen LogP contribution in [0.1, 0.15) is 32.3 Å². The van der Waals surface area contributed by atoms with E-state index in [4.69, 9.17) is 27.9 Å². The predicted octanol–water partition coefficient (Wildman–Crippen LogP) is 4.55. The standard InChI is InChI=1S/C16H23Cl2NO2S/c1-12(2)21-8-3-7-19-16(20)6-9-22-11-13-4-5-14(17)15(18)10-13/h4-5,10,12H,3,6-9,11H2,1-2H3,(H,19,20). The van der Waals surface area contributed by atoms with E-state index in [1.807, 2.05) is 26.0 Å². The molecule has 0 unspecified atom stereocenters. The number of hydrogen-bond acceptors (Lipinski definition) is 3. The summed E-state index contributed by atoms with van der Waals surface area (Å²) in [6.07, 6.45) is 1.62. The van der Waals surface area contributed by atoms with Crippen LogP contribution in [0.3, 0.4) is 0 Å². The van der Waals surface area contributed by atoms with Crippen LogP contribution < -0.4 is 5.32 Å². The molecule has 0 aliphatic rings. The fourth-order valence-corrected chi connectivity index (χ4v) is 2.90. The van der Waals surface area contributed by atoms with Crippen molar-refractivity contribution < 1.29 is 9.53 Å².